The number of pyridine rings is 1. The minimum Gasteiger partial charge on any atom is -0.349 e. The number of amides is 2. The Kier molecular flexibility index (Phi) is 4.80. The molecule has 120 valence electrons. The molecule has 2 amide bonds. The van der Waals surface area contributed by atoms with E-state index in [9.17, 15) is 18.0 Å². The van der Waals surface area contributed by atoms with Crippen LogP contribution in [0.5, 0.6) is 0 Å². The molecule has 1 unspecified atom stereocenters. The molecule has 1 aliphatic heterocycles. The Morgan fingerprint density at radius 2 is 1.86 bits per heavy atom. The molecule has 0 spiro atoms. The van der Waals surface area contributed by atoms with Crippen molar-refractivity contribution in [2.75, 3.05) is 11.5 Å². The van der Waals surface area contributed by atoms with Crippen molar-refractivity contribution < 1.29 is 18.0 Å². The van der Waals surface area contributed by atoms with E-state index in [-0.39, 0.29) is 34.8 Å². The summed E-state index contributed by atoms with van der Waals surface area (Å²) >= 11 is 0. The van der Waals surface area contributed by atoms with Gasteiger partial charge in [-0.25, -0.2) is 13.4 Å². The Labute approximate surface area is 129 Å². The van der Waals surface area contributed by atoms with E-state index in [0.717, 1.165) is 0 Å². The highest BCUT2D eigenvalue weighted by Crippen LogP contribution is 2.12. The molecule has 2 N–H and O–H groups in total. The highest BCUT2D eigenvalue weighted by Gasteiger charge is 2.29. The average molecular weight is 325 g/mol. The maximum Gasteiger partial charge on any atom is 0.270 e. The van der Waals surface area contributed by atoms with Crippen molar-refractivity contribution in [2.45, 2.75) is 32.4 Å². The SMILES string of the molecule is CC(C)NC(=O)c1cccc(C(=O)NC2CCS(=O)(=O)C2)n1. The van der Waals surface area contributed by atoms with Crippen LogP contribution in [-0.2, 0) is 9.84 Å². The molecular weight excluding hydrogens is 306 g/mol. The monoisotopic (exact) mass is 325 g/mol. The zero-order valence-corrected chi connectivity index (χ0v) is 13.3. The third kappa shape index (κ3) is 4.27. The lowest BCUT2D eigenvalue weighted by Gasteiger charge is -2.11. The summed E-state index contributed by atoms with van der Waals surface area (Å²) in [5, 5.41) is 5.34. The zero-order valence-electron chi connectivity index (χ0n) is 12.5. The van der Waals surface area contributed by atoms with Gasteiger partial charge in [0.15, 0.2) is 9.84 Å². The first-order valence-corrected chi connectivity index (χ1v) is 8.88. The van der Waals surface area contributed by atoms with Crippen LogP contribution in [0.25, 0.3) is 0 Å². The van der Waals surface area contributed by atoms with Gasteiger partial charge in [-0.05, 0) is 32.4 Å². The summed E-state index contributed by atoms with van der Waals surface area (Å²) in [6.07, 6.45) is 0.404. The van der Waals surface area contributed by atoms with Crippen LogP contribution in [0.1, 0.15) is 41.2 Å². The second-order valence-electron chi connectivity index (χ2n) is 5.61. The van der Waals surface area contributed by atoms with E-state index in [2.05, 4.69) is 15.6 Å². The van der Waals surface area contributed by atoms with Gasteiger partial charge in [0.1, 0.15) is 11.4 Å². The molecule has 1 atom stereocenters. The number of carbonyl (C=O) groups is 2. The molecule has 22 heavy (non-hydrogen) atoms. The Morgan fingerprint density at radius 1 is 1.23 bits per heavy atom. The number of rotatable bonds is 4. The Hall–Kier alpha value is -1.96. The largest absolute Gasteiger partial charge is 0.349 e. The van der Waals surface area contributed by atoms with Crippen molar-refractivity contribution in [1.82, 2.24) is 15.6 Å². The number of hydrogen-bond donors (Lipinski definition) is 2. The Bertz CT molecular complexity index is 685. The molecule has 7 nitrogen and oxygen atoms in total. The molecule has 1 aromatic heterocycles. The van der Waals surface area contributed by atoms with Gasteiger partial charge in [0.05, 0.1) is 11.5 Å². The van der Waals surface area contributed by atoms with Gasteiger partial charge in [-0.2, -0.15) is 0 Å². The molecule has 2 heterocycles. The first kappa shape index (κ1) is 16.4. The van der Waals surface area contributed by atoms with E-state index in [0.29, 0.717) is 6.42 Å². The first-order valence-electron chi connectivity index (χ1n) is 7.06. The van der Waals surface area contributed by atoms with Gasteiger partial charge >= 0.3 is 0 Å². The van der Waals surface area contributed by atoms with Gasteiger partial charge in [0.2, 0.25) is 0 Å². The minimum atomic E-state index is -3.06. The van der Waals surface area contributed by atoms with Gasteiger partial charge < -0.3 is 10.6 Å². The predicted molar refractivity (Wildman–Crippen MR) is 81.4 cm³/mol. The zero-order chi connectivity index (χ0) is 16.3. The molecule has 2 rings (SSSR count). The molecule has 0 bridgehead atoms. The van der Waals surface area contributed by atoms with E-state index >= 15 is 0 Å². The van der Waals surface area contributed by atoms with E-state index in [1.165, 1.54) is 12.1 Å². The molecular formula is C14H19N3O4S. The summed E-state index contributed by atoms with van der Waals surface area (Å²) in [5.41, 5.74) is 0.251. The van der Waals surface area contributed by atoms with Crippen molar-refractivity contribution in [3.05, 3.63) is 29.6 Å². The highest BCUT2D eigenvalue weighted by atomic mass is 32.2. The van der Waals surface area contributed by atoms with Crippen molar-refractivity contribution in [3.8, 4) is 0 Å². The summed E-state index contributed by atoms with van der Waals surface area (Å²) in [4.78, 5) is 28.0. The maximum atomic E-state index is 12.1. The summed E-state index contributed by atoms with van der Waals surface area (Å²) < 4.78 is 22.8. The van der Waals surface area contributed by atoms with Gasteiger partial charge in [-0.1, -0.05) is 6.07 Å². The third-order valence-corrected chi connectivity index (χ3v) is 4.97. The fourth-order valence-electron chi connectivity index (χ4n) is 2.19. The highest BCUT2D eigenvalue weighted by molar-refractivity contribution is 7.91. The van der Waals surface area contributed by atoms with Crippen molar-refractivity contribution in [1.29, 1.82) is 0 Å². The Morgan fingerprint density at radius 3 is 2.41 bits per heavy atom. The van der Waals surface area contributed by atoms with Gasteiger partial charge in [-0.15, -0.1) is 0 Å². The lowest BCUT2D eigenvalue weighted by Crippen LogP contribution is -2.36. The topological polar surface area (TPSA) is 105 Å². The first-order chi connectivity index (χ1) is 10.3. The van der Waals surface area contributed by atoms with E-state index in [1.807, 2.05) is 13.8 Å². The quantitative estimate of drug-likeness (QED) is 0.819. The molecule has 0 saturated carbocycles. The summed E-state index contributed by atoms with van der Waals surface area (Å²) in [5.74, 6) is -0.788. The van der Waals surface area contributed by atoms with Gasteiger partial charge in [0, 0.05) is 12.1 Å². The molecule has 0 aromatic carbocycles. The second kappa shape index (κ2) is 6.43. The number of sulfone groups is 1. The lowest BCUT2D eigenvalue weighted by atomic mass is 10.2. The fourth-order valence-corrected chi connectivity index (χ4v) is 3.87. The number of aromatic nitrogens is 1. The molecule has 1 saturated heterocycles. The third-order valence-electron chi connectivity index (χ3n) is 3.20. The van der Waals surface area contributed by atoms with E-state index in [4.69, 9.17) is 0 Å². The van der Waals surface area contributed by atoms with Crippen LogP contribution in [0.2, 0.25) is 0 Å². The smallest absolute Gasteiger partial charge is 0.270 e. The molecule has 0 aliphatic carbocycles. The van der Waals surface area contributed by atoms with Crippen LogP contribution in [-0.4, -0.2) is 48.8 Å². The summed E-state index contributed by atoms with van der Waals surface area (Å²) in [6.45, 7) is 3.66. The van der Waals surface area contributed by atoms with Crippen LogP contribution in [0.4, 0.5) is 0 Å². The van der Waals surface area contributed by atoms with Crippen LogP contribution in [0.3, 0.4) is 0 Å². The number of carbonyl (C=O) groups excluding carboxylic acids is 2. The maximum absolute atomic E-state index is 12.1. The van der Waals surface area contributed by atoms with Crippen LogP contribution >= 0.6 is 0 Å². The van der Waals surface area contributed by atoms with Gasteiger partial charge in [0.25, 0.3) is 11.8 Å². The van der Waals surface area contributed by atoms with E-state index < -0.39 is 21.8 Å². The number of hydrogen-bond acceptors (Lipinski definition) is 5. The minimum absolute atomic E-state index is 0.0320. The second-order valence-corrected chi connectivity index (χ2v) is 7.84. The van der Waals surface area contributed by atoms with E-state index in [1.54, 1.807) is 6.07 Å². The van der Waals surface area contributed by atoms with Crippen molar-refractivity contribution in [2.24, 2.45) is 0 Å². The predicted octanol–water partition coefficient (Wildman–Crippen LogP) is 0.137. The van der Waals surface area contributed by atoms with Gasteiger partial charge in [-0.3, -0.25) is 9.59 Å². The molecule has 1 aromatic rings. The number of nitrogens with one attached hydrogen (secondary N) is 2. The average Bonchev–Trinajstić information content (AvgIpc) is 2.77. The molecule has 8 heteroatoms. The van der Waals surface area contributed by atoms with Crippen molar-refractivity contribution >= 4 is 21.7 Å². The molecule has 1 aliphatic rings. The van der Waals surface area contributed by atoms with Crippen LogP contribution < -0.4 is 10.6 Å². The summed E-state index contributed by atoms with van der Waals surface area (Å²) in [6, 6.07) is 4.16. The normalized spacial score (nSPS) is 19.9. The van der Waals surface area contributed by atoms with Crippen LogP contribution in [0.15, 0.2) is 18.2 Å². The summed E-state index contributed by atoms with van der Waals surface area (Å²) in [7, 11) is -3.06. The van der Waals surface area contributed by atoms with Crippen molar-refractivity contribution in [3.63, 3.8) is 0 Å². The lowest BCUT2D eigenvalue weighted by molar-refractivity contribution is 0.0933. The number of nitrogens with zero attached hydrogens (tertiary/aromatic N) is 1. The standard InChI is InChI=1S/C14H19N3O4S/c1-9(2)15-13(18)11-4-3-5-12(17-11)14(19)16-10-6-7-22(20,21)8-10/h3-5,9-10H,6-8H2,1-2H3,(H,15,18)(H,16,19). The Balaban J connectivity index is 2.06. The molecule has 0 radical (unpaired) electrons. The fraction of sp³-hybridized carbons (Fsp3) is 0.500. The van der Waals surface area contributed by atoms with Crippen LogP contribution in [0, 0.1) is 0 Å². The molecule has 1 fully saturated rings.